The highest BCUT2D eigenvalue weighted by atomic mass is 32.2. The zero-order valence-electron chi connectivity index (χ0n) is 12.8. The molecule has 1 aromatic carbocycles. The number of urea groups is 1. The number of hydrogen-bond donors (Lipinski definition) is 1. The fourth-order valence-electron chi connectivity index (χ4n) is 2.50. The number of thioether (sulfide) groups is 1. The van der Waals surface area contributed by atoms with Gasteiger partial charge in [0.25, 0.3) is 5.91 Å². The average molecular weight is 318 g/mol. The molecule has 0 aliphatic carbocycles. The molecule has 1 saturated heterocycles. The molecule has 1 fully saturated rings. The number of fused-ring (bicyclic) bond motifs is 1. The number of hydrogen-bond acceptors (Lipinski definition) is 4. The molecule has 0 unspecified atom stereocenters. The monoisotopic (exact) mass is 318 g/mol. The normalized spacial score (nSPS) is 17.3. The van der Waals surface area contributed by atoms with Crippen LogP contribution in [0.4, 0.5) is 4.79 Å². The maximum atomic E-state index is 12.1. The summed E-state index contributed by atoms with van der Waals surface area (Å²) in [6, 6.07) is 7.61. The largest absolute Gasteiger partial charge is 0.325 e. The van der Waals surface area contributed by atoms with E-state index in [2.05, 4.69) is 10.3 Å². The number of nitrogens with one attached hydrogen (secondary N) is 1. The minimum absolute atomic E-state index is 0.178. The summed E-state index contributed by atoms with van der Waals surface area (Å²) in [7, 11) is 1.97. The van der Waals surface area contributed by atoms with E-state index in [0.29, 0.717) is 12.3 Å². The minimum atomic E-state index is -0.806. The molecular formula is C15H18N4O2S. The molecule has 1 N–H and O–H groups in total. The standard InChI is InChI=1S/C15H18N4O2S/c1-15(2)12(20)19(13(21)17-15)8-9-22-14-16-10-6-4-5-7-11(10)18(14)3/h4-7H,8-9H2,1-3H3,(H,17,21). The Labute approximate surface area is 132 Å². The van der Waals surface area contributed by atoms with E-state index in [1.165, 1.54) is 4.90 Å². The summed E-state index contributed by atoms with van der Waals surface area (Å²) in [5.41, 5.74) is 1.21. The third-order valence-corrected chi connectivity index (χ3v) is 4.75. The number of aromatic nitrogens is 2. The van der Waals surface area contributed by atoms with Crippen molar-refractivity contribution in [2.75, 3.05) is 12.3 Å². The van der Waals surface area contributed by atoms with Crippen molar-refractivity contribution < 1.29 is 9.59 Å². The van der Waals surface area contributed by atoms with Crippen LogP contribution >= 0.6 is 11.8 Å². The van der Waals surface area contributed by atoms with E-state index in [0.717, 1.165) is 16.2 Å². The second-order valence-electron chi connectivity index (χ2n) is 5.80. The van der Waals surface area contributed by atoms with Crippen LogP contribution in [0.15, 0.2) is 29.4 Å². The highest BCUT2D eigenvalue weighted by Gasteiger charge is 2.43. The molecule has 0 spiro atoms. The van der Waals surface area contributed by atoms with Crippen LogP contribution in [0, 0.1) is 0 Å². The highest BCUT2D eigenvalue weighted by Crippen LogP contribution is 2.23. The molecule has 0 bridgehead atoms. The van der Waals surface area contributed by atoms with E-state index in [1.807, 2.05) is 35.9 Å². The number of imide groups is 1. The molecule has 116 valence electrons. The zero-order valence-corrected chi connectivity index (χ0v) is 13.6. The number of para-hydroxylation sites is 2. The topological polar surface area (TPSA) is 67.2 Å². The molecule has 2 aromatic rings. The van der Waals surface area contributed by atoms with E-state index in [1.54, 1.807) is 25.6 Å². The molecule has 1 aliphatic rings. The lowest BCUT2D eigenvalue weighted by Gasteiger charge is -2.15. The molecule has 3 rings (SSSR count). The van der Waals surface area contributed by atoms with Crippen molar-refractivity contribution in [3.8, 4) is 0 Å². The number of amides is 3. The molecule has 0 atom stereocenters. The number of imidazole rings is 1. The van der Waals surface area contributed by atoms with Gasteiger partial charge >= 0.3 is 6.03 Å². The molecule has 0 radical (unpaired) electrons. The maximum absolute atomic E-state index is 12.1. The van der Waals surface area contributed by atoms with E-state index in [4.69, 9.17) is 0 Å². The summed E-state index contributed by atoms with van der Waals surface area (Å²) in [6.07, 6.45) is 0. The maximum Gasteiger partial charge on any atom is 0.325 e. The van der Waals surface area contributed by atoms with E-state index in [-0.39, 0.29) is 11.9 Å². The number of aryl methyl sites for hydroxylation is 1. The molecule has 3 amide bonds. The van der Waals surface area contributed by atoms with Gasteiger partial charge in [0.1, 0.15) is 5.54 Å². The summed E-state index contributed by atoms with van der Waals surface area (Å²) >= 11 is 1.54. The molecule has 2 heterocycles. The van der Waals surface area contributed by atoms with Crippen LogP contribution in [-0.4, -0.2) is 44.2 Å². The Morgan fingerprint density at radius 1 is 1.27 bits per heavy atom. The summed E-state index contributed by atoms with van der Waals surface area (Å²) in [5.74, 6) is 0.440. The SMILES string of the molecule is Cn1c(SCCN2C(=O)NC(C)(C)C2=O)nc2ccccc21. The number of rotatable bonds is 4. The van der Waals surface area contributed by atoms with Gasteiger partial charge in [0.2, 0.25) is 0 Å². The second-order valence-corrected chi connectivity index (χ2v) is 6.86. The van der Waals surface area contributed by atoms with Gasteiger partial charge in [0, 0.05) is 19.3 Å². The predicted octanol–water partition coefficient (Wildman–Crippen LogP) is 2.00. The molecule has 7 heteroatoms. The third kappa shape index (κ3) is 2.45. The van der Waals surface area contributed by atoms with Gasteiger partial charge in [-0.25, -0.2) is 9.78 Å². The van der Waals surface area contributed by atoms with Crippen molar-refractivity contribution >= 4 is 34.7 Å². The number of carbonyl (C=O) groups is 2. The average Bonchev–Trinajstić information content (AvgIpc) is 2.88. The Balaban J connectivity index is 1.67. The third-order valence-electron chi connectivity index (χ3n) is 3.74. The highest BCUT2D eigenvalue weighted by molar-refractivity contribution is 7.99. The molecular weight excluding hydrogens is 300 g/mol. The Bertz CT molecular complexity index is 753. The lowest BCUT2D eigenvalue weighted by molar-refractivity contribution is -0.130. The zero-order chi connectivity index (χ0) is 15.9. The Hall–Kier alpha value is -2.02. The van der Waals surface area contributed by atoms with Crippen LogP contribution in [0.5, 0.6) is 0 Å². The quantitative estimate of drug-likeness (QED) is 0.691. The van der Waals surface area contributed by atoms with Crippen molar-refractivity contribution in [1.82, 2.24) is 19.8 Å². The second kappa shape index (κ2) is 5.31. The van der Waals surface area contributed by atoms with Crippen LogP contribution in [0.3, 0.4) is 0 Å². The summed E-state index contributed by atoms with van der Waals surface area (Å²) in [5, 5.41) is 3.56. The van der Waals surface area contributed by atoms with Crippen LogP contribution in [0.1, 0.15) is 13.8 Å². The summed E-state index contributed by atoms with van der Waals surface area (Å²) in [4.78, 5) is 29.8. The van der Waals surface area contributed by atoms with Crippen molar-refractivity contribution in [2.24, 2.45) is 7.05 Å². The van der Waals surface area contributed by atoms with Gasteiger partial charge in [-0.2, -0.15) is 0 Å². The van der Waals surface area contributed by atoms with Gasteiger partial charge in [-0.15, -0.1) is 0 Å². The van der Waals surface area contributed by atoms with Crippen molar-refractivity contribution in [2.45, 2.75) is 24.5 Å². The van der Waals surface area contributed by atoms with Gasteiger partial charge in [0.05, 0.1) is 11.0 Å². The Morgan fingerprint density at radius 3 is 2.64 bits per heavy atom. The first kappa shape index (κ1) is 14.9. The van der Waals surface area contributed by atoms with Gasteiger partial charge in [-0.05, 0) is 26.0 Å². The summed E-state index contributed by atoms with van der Waals surface area (Å²) in [6.45, 7) is 3.81. The Morgan fingerprint density at radius 2 is 2.00 bits per heavy atom. The first-order valence-electron chi connectivity index (χ1n) is 7.08. The Kier molecular flexibility index (Phi) is 3.60. The first-order valence-corrected chi connectivity index (χ1v) is 8.07. The molecule has 1 aromatic heterocycles. The smallest absolute Gasteiger partial charge is 0.324 e. The van der Waals surface area contributed by atoms with Crippen LogP contribution in [-0.2, 0) is 11.8 Å². The molecule has 6 nitrogen and oxygen atoms in total. The fraction of sp³-hybridized carbons (Fsp3) is 0.400. The number of benzene rings is 1. The van der Waals surface area contributed by atoms with Crippen molar-refractivity contribution in [1.29, 1.82) is 0 Å². The number of carbonyl (C=O) groups excluding carboxylic acids is 2. The molecule has 0 saturated carbocycles. The van der Waals surface area contributed by atoms with Crippen LogP contribution in [0.2, 0.25) is 0 Å². The van der Waals surface area contributed by atoms with Gasteiger partial charge in [-0.3, -0.25) is 9.69 Å². The van der Waals surface area contributed by atoms with E-state index >= 15 is 0 Å². The van der Waals surface area contributed by atoms with Crippen LogP contribution in [0.25, 0.3) is 11.0 Å². The van der Waals surface area contributed by atoms with E-state index in [9.17, 15) is 9.59 Å². The predicted molar refractivity (Wildman–Crippen MR) is 85.8 cm³/mol. The lowest BCUT2D eigenvalue weighted by Crippen LogP contribution is -2.40. The molecule has 1 aliphatic heterocycles. The number of nitrogens with zero attached hydrogens (tertiary/aromatic N) is 3. The minimum Gasteiger partial charge on any atom is -0.324 e. The van der Waals surface area contributed by atoms with E-state index < -0.39 is 5.54 Å². The van der Waals surface area contributed by atoms with Crippen molar-refractivity contribution in [3.05, 3.63) is 24.3 Å². The lowest BCUT2D eigenvalue weighted by atomic mass is 10.1. The van der Waals surface area contributed by atoms with Crippen molar-refractivity contribution in [3.63, 3.8) is 0 Å². The van der Waals surface area contributed by atoms with Gasteiger partial charge < -0.3 is 9.88 Å². The molecule has 22 heavy (non-hydrogen) atoms. The van der Waals surface area contributed by atoms with Gasteiger partial charge in [-0.1, -0.05) is 23.9 Å². The summed E-state index contributed by atoms with van der Waals surface area (Å²) < 4.78 is 2.02. The van der Waals surface area contributed by atoms with Crippen LogP contribution < -0.4 is 5.32 Å². The fourth-order valence-corrected chi connectivity index (χ4v) is 3.41. The van der Waals surface area contributed by atoms with Gasteiger partial charge in [0.15, 0.2) is 5.16 Å². The first-order chi connectivity index (χ1) is 10.4.